The summed E-state index contributed by atoms with van der Waals surface area (Å²) < 4.78 is 70.2. The number of nitrogens with one attached hydrogen (secondary N) is 2. The van der Waals surface area contributed by atoms with Gasteiger partial charge in [0.15, 0.2) is 0 Å². The van der Waals surface area contributed by atoms with Crippen LogP contribution < -0.4 is 14.8 Å². The number of hydrogen-bond donors (Lipinski definition) is 2. The first-order valence-electron chi connectivity index (χ1n) is 8.62. The zero-order valence-electron chi connectivity index (χ0n) is 16.0. The molecule has 0 heterocycles. The Kier molecular flexibility index (Phi) is 6.91. The average Bonchev–Trinajstić information content (AvgIpc) is 2.61. The lowest BCUT2D eigenvalue weighted by Gasteiger charge is -2.14. The minimum atomic E-state index is -4.67. The number of hydrogen-bond acceptors (Lipinski definition) is 4. The molecule has 0 aliphatic heterocycles. The van der Waals surface area contributed by atoms with Crippen LogP contribution >= 0.6 is 0 Å². The van der Waals surface area contributed by atoms with Gasteiger partial charge in [-0.05, 0) is 62.7 Å². The molecule has 0 atom stereocenters. The first kappa shape index (κ1) is 22.7. The highest BCUT2D eigenvalue weighted by Gasteiger charge is 2.31. The van der Waals surface area contributed by atoms with Gasteiger partial charge in [0.05, 0.1) is 23.1 Å². The molecule has 0 aliphatic rings. The van der Waals surface area contributed by atoms with Gasteiger partial charge in [-0.1, -0.05) is 6.07 Å². The number of aryl methyl sites for hydroxylation is 1. The Hall–Kier alpha value is -2.59. The molecule has 0 saturated carbocycles. The fourth-order valence-corrected chi connectivity index (χ4v) is 3.43. The van der Waals surface area contributed by atoms with E-state index in [0.29, 0.717) is 23.1 Å². The summed E-state index contributed by atoms with van der Waals surface area (Å²) in [5.74, 6) is -0.0399. The first-order valence-corrected chi connectivity index (χ1v) is 10.1. The summed E-state index contributed by atoms with van der Waals surface area (Å²) in [5, 5.41) is 2.55. The summed E-state index contributed by atoms with van der Waals surface area (Å²) in [5.41, 5.74) is 0.0748. The lowest BCUT2D eigenvalue weighted by molar-refractivity contribution is -0.137. The molecular formula is C19H21F3N2O4S. The van der Waals surface area contributed by atoms with E-state index in [1.807, 2.05) is 18.6 Å². The van der Waals surface area contributed by atoms with Crippen LogP contribution in [0.15, 0.2) is 47.4 Å². The van der Waals surface area contributed by atoms with Gasteiger partial charge in [-0.15, -0.1) is 0 Å². The molecule has 0 unspecified atom stereocenters. The van der Waals surface area contributed by atoms with Gasteiger partial charge in [-0.3, -0.25) is 4.79 Å². The smallest absolute Gasteiger partial charge is 0.416 e. The van der Waals surface area contributed by atoms with Gasteiger partial charge in [-0.2, -0.15) is 13.2 Å². The molecule has 0 aromatic heterocycles. The number of halogens is 3. The SMILES string of the molecule is Cc1cc(OC(C)C)ccc1NC(=O)CNS(=O)(=O)c1cccc(C(F)(F)F)c1. The van der Waals surface area contributed by atoms with Crippen LogP contribution in [-0.2, 0) is 21.0 Å². The quantitative estimate of drug-likeness (QED) is 0.701. The number of alkyl halides is 3. The Labute approximate surface area is 167 Å². The minimum absolute atomic E-state index is 0.0138. The molecule has 1 amide bonds. The fraction of sp³-hybridized carbons (Fsp3) is 0.316. The van der Waals surface area contributed by atoms with E-state index in [-0.39, 0.29) is 6.10 Å². The van der Waals surface area contributed by atoms with Crippen molar-refractivity contribution in [2.45, 2.75) is 37.9 Å². The number of ether oxygens (including phenoxy) is 1. The molecule has 10 heteroatoms. The van der Waals surface area contributed by atoms with E-state index in [9.17, 15) is 26.4 Å². The highest BCUT2D eigenvalue weighted by molar-refractivity contribution is 7.89. The number of sulfonamides is 1. The third-order valence-corrected chi connectivity index (χ3v) is 5.14. The second-order valence-electron chi connectivity index (χ2n) is 6.54. The molecule has 2 aromatic rings. The van der Waals surface area contributed by atoms with Gasteiger partial charge in [0.25, 0.3) is 0 Å². The molecule has 2 N–H and O–H groups in total. The molecule has 0 aliphatic carbocycles. The standard InChI is InChI=1S/C19H21F3N2O4S/c1-12(2)28-15-7-8-17(13(3)9-15)24-18(25)11-23-29(26,27)16-6-4-5-14(10-16)19(20,21)22/h4-10,12,23H,11H2,1-3H3,(H,24,25). The second-order valence-corrected chi connectivity index (χ2v) is 8.31. The van der Waals surface area contributed by atoms with Crippen molar-refractivity contribution in [3.05, 3.63) is 53.6 Å². The van der Waals surface area contributed by atoms with Crippen molar-refractivity contribution >= 4 is 21.6 Å². The monoisotopic (exact) mass is 430 g/mol. The Morgan fingerprint density at radius 3 is 2.41 bits per heavy atom. The Morgan fingerprint density at radius 1 is 1.14 bits per heavy atom. The normalized spacial score (nSPS) is 12.1. The average molecular weight is 430 g/mol. The van der Waals surface area contributed by atoms with Crippen molar-refractivity contribution in [1.29, 1.82) is 0 Å². The molecular weight excluding hydrogens is 409 g/mol. The van der Waals surface area contributed by atoms with Gasteiger partial charge in [0, 0.05) is 5.69 Å². The molecule has 2 aromatic carbocycles. The van der Waals surface area contributed by atoms with Crippen LogP contribution in [0, 0.1) is 6.92 Å². The third-order valence-electron chi connectivity index (χ3n) is 3.74. The number of anilines is 1. The molecule has 29 heavy (non-hydrogen) atoms. The summed E-state index contributed by atoms with van der Waals surface area (Å²) in [7, 11) is -4.29. The van der Waals surface area contributed by atoms with Crippen LogP contribution in [0.4, 0.5) is 18.9 Å². The molecule has 6 nitrogen and oxygen atoms in total. The Bertz CT molecular complexity index is 989. The topological polar surface area (TPSA) is 84.5 Å². The largest absolute Gasteiger partial charge is 0.491 e. The van der Waals surface area contributed by atoms with E-state index < -0.39 is 39.1 Å². The van der Waals surface area contributed by atoms with Crippen LogP contribution in [-0.4, -0.2) is 27.0 Å². The summed E-state index contributed by atoms with van der Waals surface area (Å²) in [4.78, 5) is 11.5. The van der Waals surface area contributed by atoms with Crippen LogP contribution in [0.5, 0.6) is 5.75 Å². The van der Waals surface area contributed by atoms with E-state index in [4.69, 9.17) is 4.74 Å². The van der Waals surface area contributed by atoms with Crippen molar-refractivity contribution < 1.29 is 31.1 Å². The zero-order chi connectivity index (χ0) is 21.8. The second kappa shape index (κ2) is 8.83. The van der Waals surface area contributed by atoms with Crippen molar-refractivity contribution in [2.24, 2.45) is 0 Å². The molecule has 0 spiro atoms. The maximum absolute atomic E-state index is 12.8. The van der Waals surface area contributed by atoms with E-state index in [1.54, 1.807) is 25.1 Å². The highest BCUT2D eigenvalue weighted by Crippen LogP contribution is 2.30. The number of rotatable bonds is 7. The van der Waals surface area contributed by atoms with Crippen LogP contribution in [0.3, 0.4) is 0 Å². The number of carbonyl (C=O) groups is 1. The summed E-state index contributed by atoms with van der Waals surface area (Å²) in [6.45, 7) is 4.86. The Balaban J connectivity index is 2.03. The summed E-state index contributed by atoms with van der Waals surface area (Å²) in [6, 6.07) is 8.29. The van der Waals surface area contributed by atoms with E-state index in [0.717, 1.165) is 18.2 Å². The lowest BCUT2D eigenvalue weighted by atomic mass is 10.2. The minimum Gasteiger partial charge on any atom is -0.491 e. The van der Waals surface area contributed by atoms with Gasteiger partial charge < -0.3 is 10.1 Å². The zero-order valence-corrected chi connectivity index (χ0v) is 16.8. The van der Waals surface area contributed by atoms with E-state index >= 15 is 0 Å². The van der Waals surface area contributed by atoms with E-state index in [1.165, 1.54) is 0 Å². The first-order chi connectivity index (χ1) is 13.4. The maximum atomic E-state index is 12.8. The van der Waals surface area contributed by atoms with Crippen molar-refractivity contribution in [3.8, 4) is 5.75 Å². The fourth-order valence-electron chi connectivity index (χ4n) is 2.40. The highest BCUT2D eigenvalue weighted by atomic mass is 32.2. The van der Waals surface area contributed by atoms with Crippen LogP contribution in [0.25, 0.3) is 0 Å². The molecule has 0 fully saturated rings. The Morgan fingerprint density at radius 2 is 1.83 bits per heavy atom. The van der Waals surface area contributed by atoms with Gasteiger partial charge in [-0.25, -0.2) is 13.1 Å². The predicted octanol–water partition coefficient (Wildman–Crippen LogP) is 3.72. The van der Waals surface area contributed by atoms with Crippen molar-refractivity contribution in [3.63, 3.8) is 0 Å². The van der Waals surface area contributed by atoms with Gasteiger partial charge >= 0.3 is 6.18 Å². The molecule has 2 rings (SSSR count). The van der Waals surface area contributed by atoms with Gasteiger partial charge in [0.1, 0.15) is 5.75 Å². The van der Waals surface area contributed by atoms with Crippen LogP contribution in [0.2, 0.25) is 0 Å². The number of benzene rings is 2. The molecule has 0 radical (unpaired) electrons. The molecule has 158 valence electrons. The van der Waals surface area contributed by atoms with Crippen LogP contribution in [0.1, 0.15) is 25.0 Å². The van der Waals surface area contributed by atoms with Crippen molar-refractivity contribution in [2.75, 3.05) is 11.9 Å². The summed E-state index contributed by atoms with van der Waals surface area (Å²) >= 11 is 0. The lowest BCUT2D eigenvalue weighted by Crippen LogP contribution is -2.33. The maximum Gasteiger partial charge on any atom is 0.416 e. The van der Waals surface area contributed by atoms with E-state index in [2.05, 4.69) is 5.32 Å². The van der Waals surface area contributed by atoms with Crippen molar-refractivity contribution in [1.82, 2.24) is 4.72 Å². The summed E-state index contributed by atoms with van der Waals surface area (Å²) in [6.07, 6.45) is -4.69. The van der Waals surface area contributed by atoms with Gasteiger partial charge in [0.2, 0.25) is 15.9 Å². The predicted molar refractivity (Wildman–Crippen MR) is 102 cm³/mol. The number of carbonyl (C=O) groups excluding carboxylic acids is 1. The molecule has 0 bridgehead atoms. The number of amides is 1. The molecule has 0 saturated heterocycles. The third kappa shape index (κ3) is 6.47.